The van der Waals surface area contributed by atoms with Gasteiger partial charge in [0.25, 0.3) is 0 Å². The molecule has 0 aliphatic heterocycles. The molecule has 5 heteroatoms. The lowest BCUT2D eigenvalue weighted by molar-refractivity contribution is 0.111. The molecule has 0 saturated carbocycles. The van der Waals surface area contributed by atoms with Crippen LogP contribution < -0.4 is 4.74 Å². The van der Waals surface area contributed by atoms with Crippen LogP contribution in [0.15, 0.2) is 53.9 Å². The number of methoxy groups -OCH3 is 1. The van der Waals surface area contributed by atoms with Crippen molar-refractivity contribution in [2.45, 2.75) is 13.3 Å². The van der Waals surface area contributed by atoms with Crippen LogP contribution in [0.4, 0.5) is 0 Å². The van der Waals surface area contributed by atoms with Crippen LogP contribution in [0.3, 0.4) is 0 Å². The third kappa shape index (κ3) is 2.70. The number of carbonyl (C=O) groups is 1. The summed E-state index contributed by atoms with van der Waals surface area (Å²) in [5.41, 5.74) is 5.52. The van der Waals surface area contributed by atoms with E-state index in [4.69, 9.17) is 9.72 Å². The lowest BCUT2D eigenvalue weighted by Gasteiger charge is -2.04. The molecule has 2 aromatic carbocycles. The summed E-state index contributed by atoms with van der Waals surface area (Å²) in [4.78, 5) is 17.4. The van der Waals surface area contributed by atoms with Crippen molar-refractivity contribution in [2.75, 3.05) is 7.11 Å². The molecule has 0 bridgehead atoms. The molecule has 0 saturated heterocycles. The number of nitrogens with zero attached hydrogens (tertiary/aromatic N) is 2. The van der Waals surface area contributed by atoms with Crippen LogP contribution in [0.25, 0.3) is 27.5 Å². The minimum absolute atomic E-state index is 0.570. The van der Waals surface area contributed by atoms with Gasteiger partial charge in [-0.15, -0.1) is 11.3 Å². The molecule has 0 fully saturated rings. The maximum Gasteiger partial charge on any atom is 0.195 e. The molecule has 130 valence electrons. The molecule has 4 nitrogen and oxygen atoms in total. The maximum absolute atomic E-state index is 11.9. The number of imidazole rings is 1. The Morgan fingerprint density at radius 3 is 2.38 bits per heavy atom. The molecule has 0 atom stereocenters. The zero-order chi connectivity index (χ0) is 18.1. The lowest BCUT2D eigenvalue weighted by atomic mass is 10.1. The van der Waals surface area contributed by atoms with Crippen molar-refractivity contribution in [1.29, 1.82) is 0 Å². The van der Waals surface area contributed by atoms with E-state index in [1.54, 1.807) is 7.11 Å². The fraction of sp³-hybridized carbons (Fsp3) is 0.143. The number of rotatable bonds is 5. The first-order valence-electron chi connectivity index (χ1n) is 8.44. The molecule has 0 aliphatic carbocycles. The Hall–Kier alpha value is -2.92. The predicted molar refractivity (Wildman–Crippen MR) is 105 cm³/mol. The molecule has 0 N–H and O–H groups in total. The van der Waals surface area contributed by atoms with Gasteiger partial charge in [0.2, 0.25) is 0 Å². The standard InChI is InChI=1S/C21H18N2O2S/c1-3-14-4-6-15(7-5-14)19-13-26-21-22-20(18(12-24)23(19)21)16-8-10-17(25-2)11-9-16/h4-13H,3H2,1-2H3. The molecule has 0 amide bonds. The molecular formula is C21H18N2O2S. The fourth-order valence-corrected chi connectivity index (χ4v) is 3.97. The molecule has 2 aromatic heterocycles. The van der Waals surface area contributed by atoms with Crippen LogP contribution in [0.2, 0.25) is 0 Å². The van der Waals surface area contributed by atoms with Gasteiger partial charge in [-0.1, -0.05) is 31.2 Å². The Morgan fingerprint density at radius 1 is 1.08 bits per heavy atom. The fourth-order valence-electron chi connectivity index (χ4n) is 3.06. The molecule has 0 aliphatic rings. The van der Waals surface area contributed by atoms with E-state index in [2.05, 4.69) is 31.2 Å². The van der Waals surface area contributed by atoms with Gasteiger partial charge in [-0.3, -0.25) is 9.20 Å². The van der Waals surface area contributed by atoms with Gasteiger partial charge in [-0.2, -0.15) is 0 Å². The molecule has 4 aromatic rings. The predicted octanol–water partition coefficient (Wildman–Crippen LogP) is 5.11. The highest BCUT2D eigenvalue weighted by molar-refractivity contribution is 7.15. The Bertz CT molecular complexity index is 1060. The van der Waals surface area contributed by atoms with Gasteiger partial charge in [0.05, 0.1) is 12.8 Å². The molecule has 0 unspecified atom stereocenters. The average molecular weight is 362 g/mol. The van der Waals surface area contributed by atoms with Crippen LogP contribution in [-0.2, 0) is 6.42 Å². The van der Waals surface area contributed by atoms with Crippen LogP contribution in [0.1, 0.15) is 23.0 Å². The summed E-state index contributed by atoms with van der Waals surface area (Å²) in [7, 11) is 1.63. The first-order valence-corrected chi connectivity index (χ1v) is 9.32. The van der Waals surface area contributed by atoms with E-state index < -0.39 is 0 Å². The van der Waals surface area contributed by atoms with E-state index in [1.165, 1.54) is 16.9 Å². The van der Waals surface area contributed by atoms with Crippen molar-refractivity contribution in [3.63, 3.8) is 0 Å². The average Bonchev–Trinajstić information content (AvgIpc) is 3.27. The van der Waals surface area contributed by atoms with Gasteiger partial charge in [0, 0.05) is 10.9 Å². The van der Waals surface area contributed by atoms with Crippen molar-refractivity contribution in [3.05, 3.63) is 65.2 Å². The second kappa shape index (κ2) is 6.77. The summed E-state index contributed by atoms with van der Waals surface area (Å²) in [6.45, 7) is 2.14. The largest absolute Gasteiger partial charge is 0.497 e. The minimum atomic E-state index is 0.570. The summed E-state index contributed by atoms with van der Waals surface area (Å²) in [6.07, 6.45) is 1.89. The van der Waals surface area contributed by atoms with Gasteiger partial charge in [0.1, 0.15) is 17.1 Å². The summed E-state index contributed by atoms with van der Waals surface area (Å²) < 4.78 is 7.15. The number of aromatic nitrogens is 2. The minimum Gasteiger partial charge on any atom is -0.497 e. The molecule has 26 heavy (non-hydrogen) atoms. The molecule has 0 spiro atoms. The van der Waals surface area contributed by atoms with Gasteiger partial charge >= 0.3 is 0 Å². The Balaban J connectivity index is 1.86. The van der Waals surface area contributed by atoms with Crippen molar-refractivity contribution in [1.82, 2.24) is 9.38 Å². The number of fused-ring (bicyclic) bond motifs is 1. The third-order valence-corrected chi connectivity index (χ3v) is 5.36. The zero-order valence-electron chi connectivity index (χ0n) is 14.6. The van der Waals surface area contributed by atoms with Crippen LogP contribution in [0, 0.1) is 0 Å². The van der Waals surface area contributed by atoms with Crippen molar-refractivity contribution >= 4 is 22.6 Å². The number of aldehydes is 1. The van der Waals surface area contributed by atoms with Crippen molar-refractivity contribution in [2.24, 2.45) is 0 Å². The molecule has 2 heterocycles. The number of carbonyl (C=O) groups excluding carboxylic acids is 1. The highest BCUT2D eigenvalue weighted by atomic mass is 32.1. The molecule has 0 radical (unpaired) electrons. The number of hydrogen-bond acceptors (Lipinski definition) is 4. The number of thiazole rings is 1. The quantitative estimate of drug-likeness (QED) is 0.463. The maximum atomic E-state index is 11.9. The third-order valence-electron chi connectivity index (χ3n) is 4.53. The SMILES string of the molecule is CCc1ccc(-c2csc3nc(-c4ccc(OC)cc4)c(C=O)n23)cc1. The van der Waals surface area contributed by atoms with E-state index >= 15 is 0 Å². The number of benzene rings is 2. The summed E-state index contributed by atoms with van der Waals surface area (Å²) in [6, 6.07) is 16.1. The zero-order valence-corrected chi connectivity index (χ0v) is 15.4. The number of hydrogen-bond donors (Lipinski definition) is 0. The number of ether oxygens (including phenoxy) is 1. The normalized spacial score (nSPS) is 11.0. The van der Waals surface area contributed by atoms with E-state index in [0.717, 1.165) is 40.2 Å². The molecular weight excluding hydrogens is 344 g/mol. The van der Waals surface area contributed by atoms with E-state index in [9.17, 15) is 4.79 Å². The lowest BCUT2D eigenvalue weighted by Crippen LogP contribution is -1.94. The smallest absolute Gasteiger partial charge is 0.195 e. The van der Waals surface area contributed by atoms with E-state index in [0.29, 0.717) is 11.4 Å². The van der Waals surface area contributed by atoms with Crippen LogP contribution in [-0.4, -0.2) is 22.8 Å². The Morgan fingerprint density at radius 2 is 1.77 bits per heavy atom. The highest BCUT2D eigenvalue weighted by Gasteiger charge is 2.18. The van der Waals surface area contributed by atoms with Gasteiger partial charge in [-0.25, -0.2) is 4.98 Å². The molecule has 4 rings (SSSR count). The first kappa shape index (κ1) is 16.5. The van der Waals surface area contributed by atoms with Crippen molar-refractivity contribution in [3.8, 4) is 28.3 Å². The summed E-state index contributed by atoms with van der Waals surface area (Å²) in [5, 5.41) is 2.05. The topological polar surface area (TPSA) is 43.6 Å². The van der Waals surface area contributed by atoms with Gasteiger partial charge < -0.3 is 4.74 Å². The highest BCUT2D eigenvalue weighted by Crippen LogP contribution is 2.33. The second-order valence-electron chi connectivity index (χ2n) is 5.98. The first-order chi connectivity index (χ1) is 12.7. The van der Waals surface area contributed by atoms with Gasteiger partial charge in [0.15, 0.2) is 11.2 Å². The van der Waals surface area contributed by atoms with Gasteiger partial charge in [-0.05, 0) is 41.8 Å². The van der Waals surface area contributed by atoms with Crippen LogP contribution >= 0.6 is 11.3 Å². The van der Waals surface area contributed by atoms with E-state index in [-0.39, 0.29) is 0 Å². The van der Waals surface area contributed by atoms with Crippen LogP contribution in [0.5, 0.6) is 5.75 Å². The van der Waals surface area contributed by atoms with Crippen molar-refractivity contribution < 1.29 is 9.53 Å². The Labute approximate surface area is 155 Å². The number of aryl methyl sites for hydroxylation is 1. The Kier molecular flexibility index (Phi) is 4.31. The monoisotopic (exact) mass is 362 g/mol. The van der Waals surface area contributed by atoms with E-state index in [1.807, 2.05) is 34.0 Å². The summed E-state index contributed by atoms with van der Waals surface area (Å²) in [5.74, 6) is 0.777. The second-order valence-corrected chi connectivity index (χ2v) is 6.82. The summed E-state index contributed by atoms with van der Waals surface area (Å²) >= 11 is 1.54.